The first-order valence-corrected chi connectivity index (χ1v) is 4.72. The van der Waals surface area contributed by atoms with Crippen LogP contribution in [0.2, 0.25) is 0 Å². The molecular weight excluding hydrogens is 182 g/mol. The number of hydrogen-bond acceptors (Lipinski definition) is 3. The number of amides is 2. The van der Waals surface area contributed by atoms with Crippen molar-refractivity contribution in [3.05, 3.63) is 0 Å². The molecule has 2 atom stereocenters. The molecule has 0 radical (unpaired) electrons. The Labute approximate surface area is 83.8 Å². The van der Waals surface area contributed by atoms with Crippen molar-refractivity contribution in [2.45, 2.75) is 25.4 Å². The van der Waals surface area contributed by atoms with Gasteiger partial charge in [-0.05, 0) is 13.3 Å². The van der Waals surface area contributed by atoms with Gasteiger partial charge in [0.25, 0.3) is 0 Å². The molecule has 1 fully saturated rings. The van der Waals surface area contributed by atoms with E-state index in [-0.39, 0.29) is 11.8 Å². The van der Waals surface area contributed by atoms with Crippen LogP contribution in [0.3, 0.4) is 0 Å². The molecule has 80 valence electrons. The van der Waals surface area contributed by atoms with Crippen LogP contribution in [0, 0.1) is 0 Å². The molecule has 0 aliphatic carbocycles. The quantitative estimate of drug-likeness (QED) is 0.622. The first-order chi connectivity index (χ1) is 6.45. The van der Waals surface area contributed by atoms with Crippen molar-refractivity contribution in [1.82, 2.24) is 9.80 Å². The Bertz CT molecular complexity index is 252. The van der Waals surface area contributed by atoms with E-state index >= 15 is 0 Å². The van der Waals surface area contributed by atoms with Crippen molar-refractivity contribution in [2.24, 2.45) is 5.73 Å². The van der Waals surface area contributed by atoms with Gasteiger partial charge in [0, 0.05) is 20.6 Å². The van der Waals surface area contributed by atoms with Gasteiger partial charge in [-0.25, -0.2) is 0 Å². The molecule has 1 heterocycles. The Morgan fingerprint density at radius 1 is 1.64 bits per heavy atom. The maximum absolute atomic E-state index is 11.6. The summed E-state index contributed by atoms with van der Waals surface area (Å²) < 4.78 is 0. The molecular formula is C9H17N3O2. The third-order valence-electron chi connectivity index (χ3n) is 2.55. The van der Waals surface area contributed by atoms with E-state index in [0.29, 0.717) is 13.0 Å². The summed E-state index contributed by atoms with van der Waals surface area (Å²) in [5.74, 6) is -0.180. The summed E-state index contributed by atoms with van der Waals surface area (Å²) >= 11 is 0. The molecule has 0 spiro atoms. The second-order valence-corrected chi connectivity index (χ2v) is 3.84. The highest BCUT2D eigenvalue weighted by Crippen LogP contribution is 2.13. The highest BCUT2D eigenvalue weighted by molar-refractivity contribution is 5.90. The highest BCUT2D eigenvalue weighted by atomic mass is 16.2. The van der Waals surface area contributed by atoms with Crippen molar-refractivity contribution < 1.29 is 9.59 Å². The Morgan fingerprint density at radius 2 is 2.21 bits per heavy atom. The average molecular weight is 199 g/mol. The van der Waals surface area contributed by atoms with Gasteiger partial charge in [0.1, 0.15) is 6.04 Å². The molecule has 5 heteroatoms. The summed E-state index contributed by atoms with van der Waals surface area (Å²) in [5, 5.41) is 0. The topological polar surface area (TPSA) is 66.6 Å². The molecule has 0 saturated carbocycles. The average Bonchev–Trinajstić information content (AvgIpc) is 2.45. The first-order valence-electron chi connectivity index (χ1n) is 4.72. The van der Waals surface area contributed by atoms with E-state index in [2.05, 4.69) is 0 Å². The predicted molar refractivity (Wildman–Crippen MR) is 52.5 cm³/mol. The third kappa shape index (κ3) is 1.87. The fourth-order valence-electron chi connectivity index (χ4n) is 1.62. The summed E-state index contributed by atoms with van der Waals surface area (Å²) in [6.45, 7) is 2.32. The summed E-state index contributed by atoms with van der Waals surface area (Å²) in [6.07, 6.45) is 0.643. The Hall–Kier alpha value is -1.10. The minimum Gasteiger partial charge on any atom is -0.347 e. The van der Waals surface area contributed by atoms with Crippen LogP contribution in [0.15, 0.2) is 0 Å². The molecule has 1 saturated heterocycles. The Morgan fingerprint density at radius 3 is 2.57 bits per heavy atom. The number of likely N-dealkylation sites (tertiary alicyclic amines) is 1. The molecule has 0 aromatic rings. The number of likely N-dealkylation sites (N-methyl/N-ethyl adjacent to an activating group) is 1. The zero-order valence-corrected chi connectivity index (χ0v) is 8.86. The molecule has 0 bridgehead atoms. The summed E-state index contributed by atoms with van der Waals surface area (Å²) in [5.41, 5.74) is 5.57. The van der Waals surface area contributed by atoms with Crippen LogP contribution in [0.1, 0.15) is 13.3 Å². The molecule has 2 amide bonds. The highest BCUT2D eigenvalue weighted by Gasteiger charge is 2.35. The van der Waals surface area contributed by atoms with E-state index < -0.39 is 12.1 Å². The number of rotatable bonds is 2. The number of carbonyl (C=O) groups excluding carboxylic acids is 2. The van der Waals surface area contributed by atoms with E-state index in [1.54, 1.807) is 25.9 Å². The lowest BCUT2D eigenvalue weighted by Crippen LogP contribution is -2.47. The third-order valence-corrected chi connectivity index (χ3v) is 2.55. The molecule has 2 N–H and O–H groups in total. The van der Waals surface area contributed by atoms with Gasteiger partial charge in [0.2, 0.25) is 11.8 Å². The lowest BCUT2D eigenvalue weighted by Gasteiger charge is -2.25. The normalized spacial score (nSPS) is 23.9. The van der Waals surface area contributed by atoms with Crippen molar-refractivity contribution in [2.75, 3.05) is 20.6 Å². The molecule has 2 unspecified atom stereocenters. The first kappa shape index (κ1) is 11.0. The van der Waals surface area contributed by atoms with Crippen LogP contribution in [0.5, 0.6) is 0 Å². The number of hydrogen-bond donors (Lipinski definition) is 1. The molecule has 0 aromatic carbocycles. The van der Waals surface area contributed by atoms with Crippen LogP contribution in [0.25, 0.3) is 0 Å². The molecule has 1 aliphatic heterocycles. The van der Waals surface area contributed by atoms with Gasteiger partial charge >= 0.3 is 0 Å². The van der Waals surface area contributed by atoms with E-state index in [9.17, 15) is 9.59 Å². The van der Waals surface area contributed by atoms with E-state index in [4.69, 9.17) is 5.73 Å². The molecule has 14 heavy (non-hydrogen) atoms. The van der Waals surface area contributed by atoms with E-state index in [0.717, 1.165) is 0 Å². The lowest BCUT2D eigenvalue weighted by atomic mass is 10.2. The number of nitrogens with zero attached hydrogens (tertiary/aromatic N) is 2. The second kappa shape index (κ2) is 3.96. The van der Waals surface area contributed by atoms with Gasteiger partial charge in [-0.15, -0.1) is 0 Å². The van der Waals surface area contributed by atoms with E-state index in [1.807, 2.05) is 0 Å². The SMILES string of the molecule is CC(C(=O)N(C)C)N1CCC(N)C1=O. The second-order valence-electron chi connectivity index (χ2n) is 3.84. The van der Waals surface area contributed by atoms with Gasteiger partial charge in [-0.3, -0.25) is 9.59 Å². The van der Waals surface area contributed by atoms with Crippen molar-refractivity contribution in [3.8, 4) is 0 Å². The van der Waals surface area contributed by atoms with Gasteiger partial charge in [0.05, 0.1) is 6.04 Å². The smallest absolute Gasteiger partial charge is 0.244 e. The summed E-state index contributed by atoms with van der Waals surface area (Å²) in [4.78, 5) is 26.1. The number of carbonyl (C=O) groups is 2. The minimum absolute atomic E-state index is 0.0625. The van der Waals surface area contributed by atoms with Crippen LogP contribution in [-0.4, -0.2) is 54.3 Å². The van der Waals surface area contributed by atoms with Crippen LogP contribution in [0.4, 0.5) is 0 Å². The summed E-state index contributed by atoms with van der Waals surface area (Å²) in [6, 6.07) is -0.821. The fraction of sp³-hybridized carbons (Fsp3) is 0.778. The molecule has 0 aromatic heterocycles. The van der Waals surface area contributed by atoms with Gasteiger partial charge in [0.15, 0.2) is 0 Å². The van der Waals surface area contributed by atoms with Gasteiger partial charge in [-0.2, -0.15) is 0 Å². The molecule has 1 rings (SSSR count). The Balaban J connectivity index is 2.66. The zero-order valence-electron chi connectivity index (χ0n) is 8.86. The van der Waals surface area contributed by atoms with Crippen LogP contribution < -0.4 is 5.73 Å². The maximum Gasteiger partial charge on any atom is 0.244 e. The largest absolute Gasteiger partial charge is 0.347 e. The monoisotopic (exact) mass is 199 g/mol. The van der Waals surface area contributed by atoms with Crippen molar-refractivity contribution >= 4 is 11.8 Å². The molecule has 1 aliphatic rings. The molecule has 5 nitrogen and oxygen atoms in total. The Kier molecular flexibility index (Phi) is 3.10. The number of nitrogens with two attached hydrogens (primary N) is 1. The van der Waals surface area contributed by atoms with Gasteiger partial charge in [-0.1, -0.05) is 0 Å². The van der Waals surface area contributed by atoms with Crippen LogP contribution in [-0.2, 0) is 9.59 Å². The van der Waals surface area contributed by atoms with Crippen molar-refractivity contribution in [3.63, 3.8) is 0 Å². The predicted octanol–water partition coefficient (Wildman–Crippen LogP) is -0.977. The van der Waals surface area contributed by atoms with Gasteiger partial charge < -0.3 is 15.5 Å². The lowest BCUT2D eigenvalue weighted by molar-refractivity contribution is -0.141. The van der Waals surface area contributed by atoms with Crippen LogP contribution >= 0.6 is 0 Å². The van der Waals surface area contributed by atoms with Crippen molar-refractivity contribution in [1.29, 1.82) is 0 Å². The maximum atomic E-state index is 11.6. The standard InChI is InChI=1S/C9H17N3O2/c1-6(8(13)11(2)3)12-5-4-7(10)9(12)14/h6-7H,4-5,10H2,1-3H3. The van der Waals surface area contributed by atoms with E-state index in [1.165, 1.54) is 4.90 Å². The fourth-order valence-corrected chi connectivity index (χ4v) is 1.62. The zero-order chi connectivity index (χ0) is 10.9. The minimum atomic E-state index is -0.424. The summed E-state index contributed by atoms with van der Waals surface area (Å²) in [7, 11) is 3.36.